The van der Waals surface area contributed by atoms with E-state index in [0.717, 1.165) is 21.9 Å². The maximum atomic E-state index is 12.5. The van der Waals surface area contributed by atoms with Crippen LogP contribution in [0.3, 0.4) is 0 Å². The Bertz CT molecular complexity index is 787. The van der Waals surface area contributed by atoms with Crippen LogP contribution in [0.4, 0.5) is 5.69 Å². The summed E-state index contributed by atoms with van der Waals surface area (Å²) < 4.78 is 0.391. The van der Waals surface area contributed by atoms with Gasteiger partial charge in [-0.3, -0.25) is 0 Å². The van der Waals surface area contributed by atoms with E-state index in [1.165, 1.54) is 0 Å². The zero-order valence-electron chi connectivity index (χ0n) is 13.2. The van der Waals surface area contributed by atoms with Gasteiger partial charge in [0.05, 0.1) is 31.0 Å². The van der Waals surface area contributed by atoms with Crippen LogP contribution in [0.2, 0.25) is 10.0 Å². The Balaban J connectivity index is 1.88. The third kappa shape index (κ3) is 2.49. The number of fused-ring (bicyclic) bond motifs is 3. The second kappa shape index (κ2) is 5.88. The summed E-state index contributed by atoms with van der Waals surface area (Å²) in [6, 6.07) is 13.5. The Morgan fingerprint density at radius 1 is 1.12 bits per heavy atom. The molecule has 0 spiro atoms. The molecular formula is C17H18Cl2N4O. The van der Waals surface area contributed by atoms with Crippen molar-refractivity contribution in [2.45, 2.75) is 12.7 Å². The van der Waals surface area contributed by atoms with E-state index in [2.05, 4.69) is 10.3 Å². The molecule has 2 unspecified atom stereocenters. The van der Waals surface area contributed by atoms with Crippen molar-refractivity contribution in [3.63, 3.8) is 0 Å². The minimum atomic E-state index is -0.328. The molecule has 2 aromatic carbocycles. The van der Waals surface area contributed by atoms with Crippen molar-refractivity contribution in [3.05, 3.63) is 68.8 Å². The maximum Gasteiger partial charge on any atom is 0.180 e. The maximum absolute atomic E-state index is 12.5. The number of quaternary nitrogens is 1. The monoisotopic (exact) mass is 364 g/mol. The van der Waals surface area contributed by atoms with E-state index < -0.39 is 0 Å². The standard InChI is InChI=1S/C17H18Cl2N4O/c1-23-11-21(16-8-3-2-6-15(16)19)9-13-12(5-4-7-14(13)18)17(23)22(24)10-20-23/h2-8,17,20H,9-11H2,1H3. The highest BCUT2D eigenvalue weighted by Gasteiger charge is 2.46. The molecule has 4 rings (SSSR count). The van der Waals surface area contributed by atoms with Gasteiger partial charge in [0.1, 0.15) is 0 Å². The third-order valence-electron chi connectivity index (χ3n) is 4.84. The average molecular weight is 365 g/mol. The first-order valence-corrected chi connectivity index (χ1v) is 8.56. The summed E-state index contributed by atoms with van der Waals surface area (Å²) >= 11 is 12.9. The number of para-hydroxylation sites is 1. The van der Waals surface area contributed by atoms with Crippen molar-refractivity contribution in [1.82, 2.24) is 10.5 Å². The lowest BCUT2D eigenvalue weighted by atomic mass is 10.0. The van der Waals surface area contributed by atoms with Gasteiger partial charge in [-0.15, -0.1) is 0 Å². The van der Waals surface area contributed by atoms with Gasteiger partial charge in [0.2, 0.25) is 0 Å². The van der Waals surface area contributed by atoms with Crippen LogP contribution in [0.1, 0.15) is 17.3 Å². The first-order chi connectivity index (χ1) is 11.5. The molecular weight excluding hydrogens is 347 g/mol. The first kappa shape index (κ1) is 16.1. The van der Waals surface area contributed by atoms with Gasteiger partial charge in [0, 0.05) is 16.1 Å². The van der Waals surface area contributed by atoms with Crippen LogP contribution in [0.5, 0.6) is 0 Å². The second-order valence-electron chi connectivity index (χ2n) is 6.47. The molecule has 24 heavy (non-hydrogen) atoms. The van der Waals surface area contributed by atoms with Gasteiger partial charge >= 0.3 is 0 Å². The first-order valence-electron chi connectivity index (χ1n) is 7.80. The Morgan fingerprint density at radius 2 is 1.88 bits per heavy atom. The minimum absolute atomic E-state index is 0.281. The lowest BCUT2D eigenvalue weighted by molar-refractivity contribution is -0.970. The third-order valence-corrected chi connectivity index (χ3v) is 5.51. The fraction of sp³-hybridized carbons (Fsp3) is 0.294. The van der Waals surface area contributed by atoms with Crippen LogP contribution in [-0.2, 0) is 6.54 Å². The molecule has 0 radical (unpaired) electrons. The van der Waals surface area contributed by atoms with Gasteiger partial charge in [0.25, 0.3) is 0 Å². The fourth-order valence-electron chi connectivity index (χ4n) is 3.73. The summed E-state index contributed by atoms with van der Waals surface area (Å²) in [6.45, 7) is 1.50. The van der Waals surface area contributed by atoms with Crippen molar-refractivity contribution < 1.29 is 4.59 Å². The van der Waals surface area contributed by atoms with Crippen LogP contribution in [-0.4, -0.2) is 30.0 Å². The quantitative estimate of drug-likeness (QED) is 0.783. The van der Waals surface area contributed by atoms with Gasteiger partial charge in [-0.25, -0.2) is 4.59 Å². The smallest absolute Gasteiger partial charge is 0.180 e. The van der Waals surface area contributed by atoms with Crippen LogP contribution < -0.4 is 10.3 Å². The number of benzene rings is 2. The molecule has 0 saturated carbocycles. The summed E-state index contributed by atoms with van der Waals surface area (Å²) in [4.78, 5) is 2.18. The minimum Gasteiger partial charge on any atom is -0.780 e. The van der Waals surface area contributed by atoms with Gasteiger partial charge in [-0.05, 0) is 18.2 Å². The molecule has 5 nitrogen and oxygen atoms in total. The van der Waals surface area contributed by atoms with E-state index in [9.17, 15) is 5.21 Å². The van der Waals surface area contributed by atoms with E-state index >= 15 is 0 Å². The predicted molar refractivity (Wildman–Crippen MR) is 96.1 cm³/mol. The Kier molecular flexibility index (Phi) is 3.95. The average Bonchev–Trinajstić information content (AvgIpc) is 2.76. The van der Waals surface area contributed by atoms with Gasteiger partial charge < -0.3 is 15.2 Å². The predicted octanol–water partition coefficient (Wildman–Crippen LogP) is 3.69. The number of hydroxylamine groups is 2. The number of hydrogen-bond donors (Lipinski definition) is 1. The molecule has 2 aliphatic rings. The molecule has 0 aromatic heterocycles. The van der Waals surface area contributed by atoms with Gasteiger partial charge in [-0.1, -0.05) is 47.5 Å². The normalized spacial score (nSPS) is 26.8. The van der Waals surface area contributed by atoms with Crippen molar-refractivity contribution in [2.75, 3.05) is 25.3 Å². The molecule has 1 fully saturated rings. The number of nitrogens with zero attached hydrogens (tertiary/aromatic N) is 3. The molecule has 1 saturated heterocycles. The molecule has 2 aromatic rings. The molecule has 1 N–H and O–H groups in total. The number of halogens is 2. The number of anilines is 1. The highest BCUT2D eigenvalue weighted by Crippen LogP contribution is 2.41. The van der Waals surface area contributed by atoms with E-state index in [1.54, 1.807) is 0 Å². The Morgan fingerprint density at radius 3 is 2.67 bits per heavy atom. The number of rotatable bonds is 1. The Labute approximate surface area is 151 Å². The molecule has 2 atom stereocenters. The summed E-state index contributed by atoms with van der Waals surface area (Å²) in [5.74, 6) is 0. The molecule has 0 bridgehead atoms. The van der Waals surface area contributed by atoms with Crippen LogP contribution >= 0.6 is 23.2 Å². The summed E-state index contributed by atoms with van der Waals surface area (Å²) in [6.07, 6.45) is -0.328. The molecule has 126 valence electrons. The lowest BCUT2D eigenvalue weighted by Crippen LogP contribution is -2.56. The van der Waals surface area contributed by atoms with E-state index in [1.807, 2.05) is 49.5 Å². The highest BCUT2D eigenvalue weighted by molar-refractivity contribution is 6.33. The highest BCUT2D eigenvalue weighted by atomic mass is 35.5. The van der Waals surface area contributed by atoms with Gasteiger partial charge in [-0.2, -0.15) is 5.43 Å². The topological polar surface area (TPSA) is 41.6 Å². The van der Waals surface area contributed by atoms with Crippen molar-refractivity contribution in [2.24, 2.45) is 0 Å². The molecule has 7 heteroatoms. The van der Waals surface area contributed by atoms with Crippen LogP contribution in [0, 0.1) is 5.21 Å². The van der Waals surface area contributed by atoms with Crippen molar-refractivity contribution in [3.8, 4) is 0 Å². The molecule has 2 aliphatic heterocycles. The van der Waals surface area contributed by atoms with Crippen LogP contribution in [0.15, 0.2) is 42.5 Å². The van der Waals surface area contributed by atoms with Crippen LogP contribution in [0.25, 0.3) is 0 Å². The second-order valence-corrected chi connectivity index (χ2v) is 7.29. The largest absolute Gasteiger partial charge is 0.780 e. The SMILES string of the molecule is C[N+]12CN(c3ccccc3Cl)Cc3c(Cl)cccc3C1N([O-])CN2. The van der Waals surface area contributed by atoms with E-state index in [0.29, 0.717) is 27.9 Å². The number of nitrogens with one attached hydrogen (secondary N) is 1. The summed E-state index contributed by atoms with van der Waals surface area (Å²) in [7, 11) is 2.03. The fourth-order valence-corrected chi connectivity index (χ4v) is 4.22. The van der Waals surface area contributed by atoms with Gasteiger partial charge in [0.15, 0.2) is 12.8 Å². The zero-order chi connectivity index (χ0) is 16.9. The van der Waals surface area contributed by atoms with Crippen molar-refractivity contribution in [1.29, 1.82) is 0 Å². The van der Waals surface area contributed by atoms with E-state index in [-0.39, 0.29) is 12.8 Å². The Hall–Kier alpha value is -1.34. The van der Waals surface area contributed by atoms with Crippen molar-refractivity contribution >= 4 is 28.9 Å². The zero-order valence-corrected chi connectivity index (χ0v) is 14.8. The lowest BCUT2D eigenvalue weighted by Gasteiger charge is -2.39. The van der Waals surface area contributed by atoms with E-state index in [4.69, 9.17) is 23.2 Å². The molecule has 0 amide bonds. The molecule has 2 heterocycles. The summed E-state index contributed by atoms with van der Waals surface area (Å²) in [5, 5.41) is 15.0. The summed E-state index contributed by atoms with van der Waals surface area (Å²) in [5.41, 5.74) is 6.22. The number of hydrogen-bond acceptors (Lipinski definition) is 4. The molecule has 0 aliphatic carbocycles.